The second kappa shape index (κ2) is 8.93. The normalized spacial score (nSPS) is 21.8. The van der Waals surface area contributed by atoms with Gasteiger partial charge in [0.25, 0.3) is 0 Å². The van der Waals surface area contributed by atoms with Gasteiger partial charge in [-0.05, 0) is 58.4 Å². The molecule has 1 aliphatic rings. The topological polar surface area (TPSA) is 18.5 Å². The zero-order valence-electron chi connectivity index (χ0n) is 13.8. The average molecular weight is 269 g/mol. The zero-order chi connectivity index (χ0) is 14.3. The van der Waals surface area contributed by atoms with Crippen molar-refractivity contribution in [3.63, 3.8) is 0 Å². The Labute approximate surface area is 120 Å². The molecule has 0 bridgehead atoms. The third-order valence-electron chi connectivity index (χ3n) is 4.58. The first-order chi connectivity index (χ1) is 9.06. The van der Waals surface area contributed by atoms with Gasteiger partial charge in [-0.1, -0.05) is 27.2 Å². The van der Waals surface area contributed by atoms with Crippen molar-refractivity contribution in [2.45, 2.75) is 46.1 Å². The van der Waals surface area contributed by atoms with Crippen LogP contribution in [0.15, 0.2) is 0 Å². The van der Waals surface area contributed by atoms with Crippen LogP contribution in [0.5, 0.6) is 0 Å². The van der Waals surface area contributed by atoms with Crippen LogP contribution in [-0.2, 0) is 0 Å². The summed E-state index contributed by atoms with van der Waals surface area (Å²) in [6.07, 6.45) is 4.02. The Morgan fingerprint density at radius 3 is 2.32 bits per heavy atom. The average Bonchev–Trinajstić information content (AvgIpc) is 2.39. The van der Waals surface area contributed by atoms with Crippen LogP contribution in [-0.4, -0.2) is 62.7 Å². The van der Waals surface area contributed by atoms with E-state index in [-0.39, 0.29) is 0 Å². The van der Waals surface area contributed by atoms with Gasteiger partial charge in [-0.25, -0.2) is 0 Å². The summed E-state index contributed by atoms with van der Waals surface area (Å²) >= 11 is 0. The van der Waals surface area contributed by atoms with Gasteiger partial charge >= 0.3 is 0 Å². The quantitative estimate of drug-likeness (QED) is 0.729. The van der Waals surface area contributed by atoms with Crippen LogP contribution in [0.3, 0.4) is 0 Å². The van der Waals surface area contributed by atoms with E-state index in [2.05, 4.69) is 50.0 Å². The monoisotopic (exact) mass is 269 g/mol. The number of likely N-dealkylation sites (tertiary alicyclic amines) is 1. The second-order valence-electron chi connectivity index (χ2n) is 6.56. The summed E-state index contributed by atoms with van der Waals surface area (Å²) in [6, 6.07) is 0.667. The Kier molecular flexibility index (Phi) is 7.96. The molecule has 0 radical (unpaired) electrons. The molecule has 0 spiro atoms. The van der Waals surface area contributed by atoms with Gasteiger partial charge in [-0.2, -0.15) is 0 Å². The predicted molar refractivity (Wildman–Crippen MR) is 84.6 cm³/mol. The maximum absolute atomic E-state index is 3.67. The number of hydrogen-bond donors (Lipinski definition) is 1. The highest BCUT2D eigenvalue weighted by molar-refractivity contribution is 4.80. The fraction of sp³-hybridized carbons (Fsp3) is 1.00. The predicted octanol–water partition coefficient (Wildman–Crippen LogP) is 2.28. The minimum absolute atomic E-state index is 0.667. The fourth-order valence-corrected chi connectivity index (χ4v) is 3.14. The van der Waals surface area contributed by atoms with Crippen LogP contribution in [0.1, 0.15) is 40.0 Å². The Morgan fingerprint density at radius 1 is 1.21 bits per heavy atom. The highest BCUT2D eigenvalue weighted by atomic mass is 15.2. The molecule has 1 N–H and O–H groups in total. The van der Waals surface area contributed by atoms with Gasteiger partial charge in [0.15, 0.2) is 0 Å². The molecule has 1 heterocycles. The molecule has 3 nitrogen and oxygen atoms in total. The third-order valence-corrected chi connectivity index (χ3v) is 4.58. The summed E-state index contributed by atoms with van der Waals surface area (Å²) < 4.78 is 0. The highest BCUT2D eigenvalue weighted by Crippen LogP contribution is 2.19. The number of rotatable bonds is 8. The maximum Gasteiger partial charge on any atom is 0.0220 e. The molecule has 0 amide bonds. The lowest BCUT2D eigenvalue weighted by Gasteiger charge is -2.36. The smallest absolute Gasteiger partial charge is 0.0220 e. The first-order valence-electron chi connectivity index (χ1n) is 8.17. The first kappa shape index (κ1) is 16.9. The molecule has 0 aliphatic carbocycles. The van der Waals surface area contributed by atoms with Gasteiger partial charge in [0.05, 0.1) is 0 Å². The minimum Gasteiger partial charge on any atom is -0.313 e. The van der Waals surface area contributed by atoms with E-state index < -0.39 is 0 Å². The summed E-state index contributed by atoms with van der Waals surface area (Å²) in [5.74, 6) is 1.69. The Hall–Kier alpha value is -0.120. The van der Waals surface area contributed by atoms with Crippen LogP contribution in [0.4, 0.5) is 0 Å². The van der Waals surface area contributed by atoms with Crippen molar-refractivity contribution in [1.29, 1.82) is 0 Å². The third kappa shape index (κ3) is 6.24. The van der Waals surface area contributed by atoms with Gasteiger partial charge in [0.1, 0.15) is 0 Å². The Morgan fingerprint density at radius 2 is 1.84 bits per heavy atom. The van der Waals surface area contributed by atoms with E-state index in [9.17, 15) is 0 Å². The van der Waals surface area contributed by atoms with Crippen molar-refractivity contribution >= 4 is 0 Å². The highest BCUT2D eigenvalue weighted by Gasteiger charge is 2.23. The van der Waals surface area contributed by atoms with Gasteiger partial charge < -0.3 is 15.1 Å². The van der Waals surface area contributed by atoms with Gasteiger partial charge in [0.2, 0.25) is 0 Å². The standard InChI is InChI=1S/C16H35N3/c1-6-14(3)16(17-7-2)13-19-10-8-15(9-11-19)12-18(4)5/h14-17H,6-13H2,1-5H3. The van der Waals surface area contributed by atoms with Crippen molar-refractivity contribution in [3.05, 3.63) is 0 Å². The molecular weight excluding hydrogens is 234 g/mol. The molecule has 3 heteroatoms. The number of hydrogen-bond acceptors (Lipinski definition) is 3. The molecule has 114 valence electrons. The van der Waals surface area contributed by atoms with Gasteiger partial charge in [-0.15, -0.1) is 0 Å². The molecule has 1 fully saturated rings. The summed E-state index contributed by atoms with van der Waals surface area (Å²) in [5, 5.41) is 3.67. The number of likely N-dealkylation sites (N-methyl/N-ethyl adjacent to an activating group) is 1. The summed E-state index contributed by atoms with van der Waals surface area (Å²) in [7, 11) is 4.38. The molecule has 0 aromatic rings. The van der Waals surface area contributed by atoms with Gasteiger partial charge in [-0.3, -0.25) is 0 Å². The van der Waals surface area contributed by atoms with Crippen molar-refractivity contribution < 1.29 is 0 Å². The molecule has 1 aliphatic heterocycles. The molecule has 19 heavy (non-hydrogen) atoms. The van der Waals surface area contributed by atoms with E-state index in [0.717, 1.165) is 18.4 Å². The van der Waals surface area contributed by atoms with Crippen LogP contribution in [0.2, 0.25) is 0 Å². The minimum atomic E-state index is 0.667. The van der Waals surface area contributed by atoms with Crippen molar-refractivity contribution in [2.24, 2.45) is 11.8 Å². The molecule has 0 aromatic carbocycles. The van der Waals surface area contributed by atoms with Gasteiger partial charge in [0, 0.05) is 19.1 Å². The van der Waals surface area contributed by atoms with Crippen LogP contribution < -0.4 is 5.32 Å². The van der Waals surface area contributed by atoms with E-state index >= 15 is 0 Å². The number of nitrogens with one attached hydrogen (secondary N) is 1. The fourth-order valence-electron chi connectivity index (χ4n) is 3.14. The number of nitrogens with zero attached hydrogens (tertiary/aromatic N) is 2. The van der Waals surface area contributed by atoms with Crippen LogP contribution in [0, 0.1) is 11.8 Å². The first-order valence-corrected chi connectivity index (χ1v) is 8.17. The van der Waals surface area contributed by atoms with Crippen molar-refractivity contribution in [3.8, 4) is 0 Å². The van der Waals surface area contributed by atoms with E-state index in [0.29, 0.717) is 6.04 Å². The lowest BCUT2D eigenvalue weighted by molar-refractivity contribution is 0.139. The SMILES string of the molecule is CCNC(CN1CCC(CN(C)C)CC1)C(C)CC. The number of piperidine rings is 1. The summed E-state index contributed by atoms with van der Waals surface area (Å²) in [4.78, 5) is 5.01. The van der Waals surface area contributed by atoms with E-state index in [1.165, 1.54) is 45.4 Å². The molecule has 0 saturated carbocycles. The molecular formula is C16H35N3. The lowest BCUT2D eigenvalue weighted by atomic mass is 9.94. The van der Waals surface area contributed by atoms with Crippen LogP contribution >= 0.6 is 0 Å². The Bertz CT molecular complexity index is 222. The zero-order valence-corrected chi connectivity index (χ0v) is 13.8. The van der Waals surface area contributed by atoms with E-state index in [1.54, 1.807) is 0 Å². The van der Waals surface area contributed by atoms with E-state index in [1.807, 2.05) is 0 Å². The molecule has 1 rings (SSSR count). The maximum atomic E-state index is 3.67. The van der Waals surface area contributed by atoms with Crippen molar-refractivity contribution in [1.82, 2.24) is 15.1 Å². The van der Waals surface area contributed by atoms with Crippen molar-refractivity contribution in [2.75, 3.05) is 46.8 Å². The molecule has 0 aromatic heterocycles. The molecule has 2 atom stereocenters. The van der Waals surface area contributed by atoms with E-state index in [4.69, 9.17) is 0 Å². The second-order valence-corrected chi connectivity index (χ2v) is 6.56. The Balaban J connectivity index is 2.33. The lowest BCUT2D eigenvalue weighted by Crippen LogP contribution is -2.47. The molecule has 2 unspecified atom stereocenters. The molecule has 1 saturated heterocycles. The summed E-state index contributed by atoms with van der Waals surface area (Å²) in [6.45, 7) is 13.1. The summed E-state index contributed by atoms with van der Waals surface area (Å²) in [5.41, 5.74) is 0. The largest absolute Gasteiger partial charge is 0.313 e. The van der Waals surface area contributed by atoms with Crippen LogP contribution in [0.25, 0.3) is 0 Å².